The predicted molar refractivity (Wildman–Crippen MR) is 77.8 cm³/mol. The van der Waals surface area contributed by atoms with E-state index in [0.717, 1.165) is 19.4 Å². The molecular weight excluding hydrogens is 276 g/mol. The van der Waals surface area contributed by atoms with Crippen LogP contribution in [0.5, 0.6) is 0 Å². The maximum Gasteiger partial charge on any atom is 0.242 e. The Bertz CT molecular complexity index is 542. The smallest absolute Gasteiger partial charge is 0.242 e. The van der Waals surface area contributed by atoms with Crippen molar-refractivity contribution in [2.45, 2.75) is 30.4 Å². The Balaban J connectivity index is 2.11. The van der Waals surface area contributed by atoms with E-state index in [1.165, 1.54) is 4.31 Å². The lowest BCUT2D eigenvalue weighted by Crippen LogP contribution is -2.39. The summed E-state index contributed by atoms with van der Waals surface area (Å²) < 4.78 is 26.4. The highest BCUT2D eigenvalue weighted by Gasteiger charge is 2.27. The first-order valence-electron chi connectivity index (χ1n) is 6.81. The summed E-state index contributed by atoms with van der Waals surface area (Å²) in [5, 5.41) is 8.99. The van der Waals surface area contributed by atoms with Crippen molar-refractivity contribution in [1.29, 1.82) is 0 Å². The Kier molecular flexibility index (Phi) is 4.80. The fraction of sp³-hybridized carbons (Fsp3) is 0.571. The number of benzene rings is 1. The number of hydrogen-bond donors (Lipinski definition) is 1. The number of nitrogens with zero attached hydrogens (tertiary/aromatic N) is 2. The van der Waals surface area contributed by atoms with E-state index in [1.54, 1.807) is 31.3 Å². The van der Waals surface area contributed by atoms with Crippen molar-refractivity contribution in [1.82, 2.24) is 9.21 Å². The molecule has 0 amide bonds. The number of rotatable bonds is 5. The number of likely N-dealkylation sites (tertiary alicyclic amines) is 1. The highest BCUT2D eigenvalue weighted by atomic mass is 32.2. The molecule has 1 atom stereocenters. The molecule has 2 rings (SSSR count). The van der Waals surface area contributed by atoms with Gasteiger partial charge in [0.15, 0.2) is 0 Å². The molecule has 112 valence electrons. The Labute approximate surface area is 120 Å². The van der Waals surface area contributed by atoms with Gasteiger partial charge in [-0.1, -0.05) is 12.1 Å². The normalized spacial score (nSPS) is 20.7. The van der Waals surface area contributed by atoms with Gasteiger partial charge in [-0.15, -0.1) is 0 Å². The Morgan fingerprint density at radius 3 is 2.50 bits per heavy atom. The van der Waals surface area contributed by atoms with Gasteiger partial charge in [-0.05, 0) is 44.1 Å². The second-order valence-electron chi connectivity index (χ2n) is 5.36. The minimum Gasteiger partial charge on any atom is -0.392 e. The summed E-state index contributed by atoms with van der Waals surface area (Å²) in [4.78, 5) is 2.48. The summed E-state index contributed by atoms with van der Waals surface area (Å²) in [7, 11) is 0.212. The third-order valence-corrected chi connectivity index (χ3v) is 5.79. The Hall–Kier alpha value is -0.950. The average Bonchev–Trinajstić information content (AvgIpc) is 2.84. The highest BCUT2D eigenvalue weighted by molar-refractivity contribution is 7.89. The average molecular weight is 298 g/mol. The molecule has 1 saturated heterocycles. The van der Waals surface area contributed by atoms with Crippen molar-refractivity contribution >= 4 is 10.0 Å². The molecule has 1 aromatic rings. The van der Waals surface area contributed by atoms with Gasteiger partial charge in [0.2, 0.25) is 10.0 Å². The van der Waals surface area contributed by atoms with Gasteiger partial charge in [0.25, 0.3) is 0 Å². The van der Waals surface area contributed by atoms with Crippen molar-refractivity contribution in [3.05, 3.63) is 29.8 Å². The molecule has 0 aromatic heterocycles. The first-order valence-corrected chi connectivity index (χ1v) is 8.25. The first-order chi connectivity index (χ1) is 9.45. The standard InChI is InChI=1S/C14H22N2O3S/c1-15-9-3-4-13(15)10-16(2)20(18,19)14-7-5-12(11-17)6-8-14/h5-8,13,17H,3-4,9-11H2,1-2H3. The fourth-order valence-corrected chi connectivity index (χ4v) is 3.76. The molecule has 1 aliphatic heterocycles. The minimum absolute atomic E-state index is 0.0803. The second kappa shape index (κ2) is 6.22. The van der Waals surface area contributed by atoms with E-state index in [9.17, 15) is 8.42 Å². The molecule has 1 fully saturated rings. The van der Waals surface area contributed by atoms with Crippen LogP contribution in [0.4, 0.5) is 0 Å². The van der Waals surface area contributed by atoms with Crippen molar-refractivity contribution in [2.75, 3.05) is 27.2 Å². The molecule has 1 aliphatic rings. The molecule has 0 spiro atoms. The molecule has 1 aromatic carbocycles. The summed E-state index contributed by atoms with van der Waals surface area (Å²) >= 11 is 0. The molecular formula is C14H22N2O3S. The van der Waals surface area contributed by atoms with Gasteiger partial charge in [0.05, 0.1) is 11.5 Å². The molecule has 1 N–H and O–H groups in total. The van der Waals surface area contributed by atoms with Gasteiger partial charge in [-0.25, -0.2) is 8.42 Å². The molecule has 6 heteroatoms. The molecule has 0 bridgehead atoms. The lowest BCUT2D eigenvalue weighted by atomic mass is 10.2. The summed E-state index contributed by atoms with van der Waals surface area (Å²) in [5.41, 5.74) is 0.710. The molecule has 0 radical (unpaired) electrons. The SMILES string of the molecule is CN1CCCC1CN(C)S(=O)(=O)c1ccc(CO)cc1. The molecule has 20 heavy (non-hydrogen) atoms. The molecule has 0 aliphatic carbocycles. The van der Waals surface area contributed by atoms with Crippen LogP contribution in [0.3, 0.4) is 0 Å². The second-order valence-corrected chi connectivity index (χ2v) is 7.41. The predicted octanol–water partition coefficient (Wildman–Crippen LogP) is 0.894. The van der Waals surface area contributed by atoms with Gasteiger partial charge >= 0.3 is 0 Å². The third-order valence-electron chi connectivity index (χ3n) is 3.95. The van der Waals surface area contributed by atoms with E-state index in [-0.39, 0.29) is 11.5 Å². The van der Waals surface area contributed by atoms with E-state index >= 15 is 0 Å². The fourth-order valence-electron chi connectivity index (χ4n) is 2.55. The van der Waals surface area contributed by atoms with Crippen LogP contribution in [0.25, 0.3) is 0 Å². The van der Waals surface area contributed by atoms with E-state index < -0.39 is 10.0 Å². The van der Waals surface area contributed by atoms with Crippen LogP contribution < -0.4 is 0 Å². The maximum absolute atomic E-state index is 12.5. The van der Waals surface area contributed by atoms with Gasteiger partial charge in [-0.3, -0.25) is 0 Å². The summed E-state index contributed by atoms with van der Waals surface area (Å²) in [6.45, 7) is 1.47. The third kappa shape index (κ3) is 3.20. The molecule has 0 saturated carbocycles. The van der Waals surface area contributed by atoms with Crippen molar-refractivity contribution in [3.8, 4) is 0 Å². The molecule has 1 heterocycles. The number of aliphatic hydroxyl groups is 1. The van der Waals surface area contributed by atoms with Gasteiger partial charge in [-0.2, -0.15) is 4.31 Å². The van der Waals surface area contributed by atoms with Crippen molar-refractivity contribution < 1.29 is 13.5 Å². The highest BCUT2D eigenvalue weighted by Crippen LogP contribution is 2.20. The monoisotopic (exact) mass is 298 g/mol. The zero-order chi connectivity index (χ0) is 14.8. The number of hydrogen-bond acceptors (Lipinski definition) is 4. The quantitative estimate of drug-likeness (QED) is 0.877. The molecule has 5 nitrogen and oxygen atoms in total. The zero-order valence-corrected chi connectivity index (χ0v) is 12.8. The minimum atomic E-state index is -3.45. The largest absolute Gasteiger partial charge is 0.392 e. The lowest BCUT2D eigenvalue weighted by Gasteiger charge is -2.25. The van der Waals surface area contributed by atoms with Crippen LogP contribution in [0.15, 0.2) is 29.2 Å². The molecule has 1 unspecified atom stereocenters. The van der Waals surface area contributed by atoms with Crippen LogP contribution in [0, 0.1) is 0 Å². The van der Waals surface area contributed by atoms with E-state index in [0.29, 0.717) is 18.2 Å². The van der Waals surface area contributed by atoms with Gasteiger partial charge in [0.1, 0.15) is 0 Å². The lowest BCUT2D eigenvalue weighted by molar-refractivity contribution is 0.271. The van der Waals surface area contributed by atoms with Gasteiger partial charge < -0.3 is 10.0 Å². The van der Waals surface area contributed by atoms with Gasteiger partial charge in [0, 0.05) is 19.6 Å². The van der Waals surface area contributed by atoms with Crippen LogP contribution in [0.2, 0.25) is 0 Å². The van der Waals surface area contributed by atoms with Crippen LogP contribution >= 0.6 is 0 Å². The summed E-state index contributed by atoms with van der Waals surface area (Å²) in [5.74, 6) is 0. The van der Waals surface area contributed by atoms with E-state index in [2.05, 4.69) is 4.90 Å². The Morgan fingerprint density at radius 1 is 1.35 bits per heavy atom. The number of sulfonamides is 1. The maximum atomic E-state index is 12.5. The van der Waals surface area contributed by atoms with E-state index in [4.69, 9.17) is 5.11 Å². The van der Waals surface area contributed by atoms with Crippen LogP contribution in [-0.2, 0) is 16.6 Å². The van der Waals surface area contributed by atoms with Crippen molar-refractivity contribution in [2.24, 2.45) is 0 Å². The van der Waals surface area contributed by atoms with Crippen LogP contribution in [-0.4, -0.2) is 56.0 Å². The number of likely N-dealkylation sites (N-methyl/N-ethyl adjacent to an activating group) is 2. The topological polar surface area (TPSA) is 60.9 Å². The zero-order valence-electron chi connectivity index (χ0n) is 12.0. The van der Waals surface area contributed by atoms with E-state index in [1.807, 2.05) is 7.05 Å². The summed E-state index contributed by atoms with van der Waals surface area (Å²) in [6.07, 6.45) is 2.17. The Morgan fingerprint density at radius 2 is 2.00 bits per heavy atom. The van der Waals surface area contributed by atoms with Crippen molar-refractivity contribution in [3.63, 3.8) is 0 Å². The summed E-state index contributed by atoms with van der Waals surface area (Å²) in [6, 6.07) is 6.68. The first kappa shape index (κ1) is 15.4. The number of aliphatic hydroxyl groups excluding tert-OH is 1. The van der Waals surface area contributed by atoms with Crippen LogP contribution in [0.1, 0.15) is 18.4 Å².